The molecule has 2 aromatic rings. The van der Waals surface area contributed by atoms with Crippen molar-refractivity contribution in [3.63, 3.8) is 0 Å². The van der Waals surface area contributed by atoms with Gasteiger partial charge in [0.15, 0.2) is 0 Å². The van der Waals surface area contributed by atoms with Gasteiger partial charge in [-0.25, -0.2) is 4.39 Å². The second-order valence-electron chi connectivity index (χ2n) is 6.49. The molecule has 0 saturated carbocycles. The van der Waals surface area contributed by atoms with Crippen molar-refractivity contribution < 1.29 is 9.18 Å². The molecule has 0 bridgehead atoms. The Labute approximate surface area is 166 Å². The van der Waals surface area contributed by atoms with Crippen LogP contribution in [0.1, 0.15) is 29.8 Å². The summed E-state index contributed by atoms with van der Waals surface area (Å²) in [5.74, 6) is -0.601. The molecule has 0 saturated heterocycles. The number of nitrogens with one attached hydrogen (secondary N) is 2. The number of allylic oxidation sites excluding steroid dienone is 4. The van der Waals surface area contributed by atoms with Gasteiger partial charge in [-0.15, -0.1) is 0 Å². The first-order valence-electron chi connectivity index (χ1n) is 8.94. The third kappa shape index (κ3) is 5.81. The predicted molar refractivity (Wildman–Crippen MR) is 116 cm³/mol. The van der Waals surface area contributed by atoms with Crippen LogP contribution in [0.5, 0.6) is 0 Å². The lowest BCUT2D eigenvalue weighted by molar-refractivity contribution is 0.102. The van der Waals surface area contributed by atoms with Crippen molar-refractivity contribution in [2.75, 3.05) is 10.6 Å². The van der Waals surface area contributed by atoms with Gasteiger partial charge < -0.3 is 10.6 Å². The van der Waals surface area contributed by atoms with Gasteiger partial charge in [-0.05, 0) is 74.4 Å². The first-order chi connectivity index (χ1) is 13.3. The van der Waals surface area contributed by atoms with Gasteiger partial charge in [0, 0.05) is 22.6 Å². The summed E-state index contributed by atoms with van der Waals surface area (Å²) in [7, 11) is 0. The number of aryl methyl sites for hydroxylation is 1. The van der Waals surface area contributed by atoms with E-state index in [1.807, 2.05) is 45.1 Å². The topological polar surface area (TPSA) is 41.1 Å². The van der Waals surface area contributed by atoms with E-state index < -0.39 is 0 Å². The van der Waals surface area contributed by atoms with Gasteiger partial charge >= 0.3 is 0 Å². The minimum absolute atomic E-state index is 0.255. The van der Waals surface area contributed by atoms with E-state index in [-0.39, 0.29) is 11.7 Å². The van der Waals surface area contributed by atoms with Gasteiger partial charge in [-0.1, -0.05) is 37.0 Å². The zero-order valence-electron chi connectivity index (χ0n) is 16.5. The van der Waals surface area contributed by atoms with Crippen molar-refractivity contribution in [3.8, 4) is 0 Å². The number of rotatable bonds is 7. The summed E-state index contributed by atoms with van der Waals surface area (Å²) < 4.78 is 13.0. The first kappa shape index (κ1) is 20.9. The number of carbonyl (C=O) groups excluding carboxylic acids is 1. The first-order valence-corrected chi connectivity index (χ1v) is 8.94. The molecule has 3 nitrogen and oxygen atoms in total. The van der Waals surface area contributed by atoms with Crippen molar-refractivity contribution in [2.24, 2.45) is 0 Å². The summed E-state index contributed by atoms with van der Waals surface area (Å²) in [6.45, 7) is 13.9. The highest BCUT2D eigenvalue weighted by Gasteiger charge is 2.09. The minimum atomic E-state index is -0.346. The monoisotopic (exact) mass is 376 g/mol. The average Bonchev–Trinajstić information content (AvgIpc) is 2.68. The van der Waals surface area contributed by atoms with Crippen LogP contribution in [0.15, 0.2) is 90.7 Å². The quantitative estimate of drug-likeness (QED) is 0.550. The van der Waals surface area contributed by atoms with Gasteiger partial charge in [0.05, 0.1) is 0 Å². The van der Waals surface area contributed by atoms with E-state index in [2.05, 4.69) is 23.8 Å². The van der Waals surface area contributed by atoms with Crippen LogP contribution in [0, 0.1) is 12.7 Å². The highest BCUT2D eigenvalue weighted by atomic mass is 19.1. The molecule has 0 fully saturated rings. The Morgan fingerprint density at radius 3 is 2.32 bits per heavy atom. The van der Waals surface area contributed by atoms with Gasteiger partial charge in [0.25, 0.3) is 5.91 Å². The van der Waals surface area contributed by atoms with Gasteiger partial charge in [-0.2, -0.15) is 0 Å². The highest BCUT2D eigenvalue weighted by Crippen LogP contribution is 2.21. The summed E-state index contributed by atoms with van der Waals surface area (Å²) in [5, 5.41) is 5.99. The summed E-state index contributed by atoms with van der Waals surface area (Å²) in [6.07, 6.45) is 5.90. The van der Waals surface area contributed by atoms with E-state index in [0.717, 1.165) is 22.4 Å². The van der Waals surface area contributed by atoms with E-state index in [4.69, 9.17) is 0 Å². The summed E-state index contributed by atoms with van der Waals surface area (Å²) >= 11 is 0. The minimum Gasteiger partial charge on any atom is -0.355 e. The standard InChI is InChI=1S/C24H25FN2O/c1-6-16(2)7-8-17(3)19(5)26-23-14-9-20(15-18(23)4)24(28)27-22-12-10-21(25)11-13-22/h6-15,26H,3,5H2,1-2,4H3,(H,27,28)/b8-7-,16-6-. The maximum atomic E-state index is 13.0. The molecule has 1 amide bonds. The van der Waals surface area contributed by atoms with Crippen molar-refractivity contribution >= 4 is 17.3 Å². The SMILES string of the molecule is C=C(/C=C\C(C)=C/C)C(=C)Nc1ccc(C(=O)Nc2ccc(F)cc2)cc1C. The largest absolute Gasteiger partial charge is 0.355 e. The van der Waals surface area contributed by atoms with Crippen LogP contribution < -0.4 is 10.6 Å². The molecule has 0 atom stereocenters. The van der Waals surface area contributed by atoms with Gasteiger partial charge in [0.2, 0.25) is 0 Å². The molecule has 0 aromatic heterocycles. The van der Waals surface area contributed by atoms with Crippen molar-refractivity contribution in [1.82, 2.24) is 0 Å². The second kappa shape index (κ2) is 9.51. The predicted octanol–water partition coefficient (Wildman–Crippen LogP) is 6.39. The molecule has 2 rings (SSSR count). The Kier molecular flexibility index (Phi) is 7.10. The van der Waals surface area contributed by atoms with Crippen molar-refractivity contribution in [2.45, 2.75) is 20.8 Å². The molecule has 0 aliphatic rings. The van der Waals surface area contributed by atoms with Crippen LogP contribution in [0.25, 0.3) is 0 Å². The fourth-order valence-electron chi connectivity index (χ4n) is 2.35. The Morgan fingerprint density at radius 1 is 1.04 bits per heavy atom. The fraction of sp³-hybridized carbons (Fsp3) is 0.125. The Hall–Kier alpha value is -3.40. The number of carbonyl (C=O) groups is 1. The summed E-state index contributed by atoms with van der Waals surface area (Å²) in [4.78, 5) is 12.4. The van der Waals surface area contributed by atoms with Crippen LogP contribution in [0.2, 0.25) is 0 Å². The summed E-state index contributed by atoms with van der Waals surface area (Å²) in [5.41, 5.74) is 5.40. The van der Waals surface area contributed by atoms with E-state index in [1.54, 1.807) is 12.1 Å². The van der Waals surface area contributed by atoms with Gasteiger partial charge in [-0.3, -0.25) is 4.79 Å². The van der Waals surface area contributed by atoms with E-state index in [1.165, 1.54) is 24.3 Å². The molecule has 2 aromatic carbocycles. The molecule has 144 valence electrons. The Bertz CT molecular complexity index is 953. The lowest BCUT2D eigenvalue weighted by atomic mass is 10.1. The lowest BCUT2D eigenvalue weighted by Crippen LogP contribution is -2.12. The van der Waals surface area contributed by atoms with Crippen LogP contribution in [-0.2, 0) is 0 Å². The summed E-state index contributed by atoms with van der Waals surface area (Å²) in [6, 6.07) is 11.0. The molecule has 0 radical (unpaired) electrons. The van der Waals surface area contributed by atoms with Gasteiger partial charge in [0.1, 0.15) is 5.82 Å². The zero-order valence-corrected chi connectivity index (χ0v) is 16.5. The Morgan fingerprint density at radius 2 is 1.71 bits per heavy atom. The number of hydrogen-bond acceptors (Lipinski definition) is 2. The molecule has 4 heteroatoms. The smallest absolute Gasteiger partial charge is 0.255 e. The fourth-order valence-corrected chi connectivity index (χ4v) is 2.35. The third-order valence-corrected chi connectivity index (χ3v) is 4.27. The van der Waals surface area contributed by atoms with Crippen LogP contribution in [0.4, 0.5) is 15.8 Å². The van der Waals surface area contributed by atoms with E-state index >= 15 is 0 Å². The molecule has 0 aliphatic carbocycles. The zero-order chi connectivity index (χ0) is 20.7. The molecule has 2 N–H and O–H groups in total. The number of hydrogen-bond donors (Lipinski definition) is 2. The van der Waals surface area contributed by atoms with Crippen LogP contribution in [0.3, 0.4) is 0 Å². The maximum Gasteiger partial charge on any atom is 0.255 e. The molecular formula is C24H25FN2O. The number of benzene rings is 2. The highest BCUT2D eigenvalue weighted by molar-refractivity contribution is 6.04. The number of amides is 1. The lowest BCUT2D eigenvalue weighted by Gasteiger charge is -2.14. The average molecular weight is 376 g/mol. The van der Waals surface area contributed by atoms with E-state index in [0.29, 0.717) is 16.9 Å². The third-order valence-electron chi connectivity index (χ3n) is 4.27. The van der Waals surface area contributed by atoms with Crippen LogP contribution in [-0.4, -0.2) is 5.91 Å². The molecular weight excluding hydrogens is 351 g/mol. The van der Waals surface area contributed by atoms with E-state index in [9.17, 15) is 9.18 Å². The second-order valence-corrected chi connectivity index (χ2v) is 6.49. The number of anilines is 2. The Balaban J connectivity index is 2.06. The normalized spacial score (nSPS) is 11.4. The van der Waals surface area contributed by atoms with Crippen LogP contribution >= 0.6 is 0 Å². The number of halogens is 1. The molecule has 0 unspecified atom stereocenters. The molecule has 28 heavy (non-hydrogen) atoms. The molecule has 0 aliphatic heterocycles. The van der Waals surface area contributed by atoms with Crippen molar-refractivity contribution in [1.29, 1.82) is 0 Å². The molecule has 0 heterocycles. The molecule has 0 spiro atoms. The van der Waals surface area contributed by atoms with Crippen molar-refractivity contribution in [3.05, 3.63) is 108 Å². The maximum absolute atomic E-state index is 13.0.